The highest BCUT2D eigenvalue weighted by Gasteiger charge is 2.64. The second-order valence-electron chi connectivity index (χ2n) is 8.96. The Bertz CT molecular complexity index is 1430. The highest BCUT2D eigenvalue weighted by atomic mass is 32.2. The zero-order chi connectivity index (χ0) is 25.1. The Labute approximate surface area is 193 Å². The number of aryl methyl sites for hydroxylation is 1. The van der Waals surface area contributed by atoms with Crippen LogP contribution in [0.3, 0.4) is 0 Å². The van der Waals surface area contributed by atoms with Crippen LogP contribution in [0.25, 0.3) is 10.9 Å². The maximum absolute atomic E-state index is 14.9. The van der Waals surface area contributed by atoms with Gasteiger partial charge < -0.3 is 5.73 Å². The SMILES string of the molecule is Cc1cnc2c(Cc3ccc(F)c([C@]4(C(F)(F)F)CS(=O)(=O)C(C)(C)C(N)=N4)c3)nccc2c1. The Hall–Kier alpha value is -3.08. The van der Waals surface area contributed by atoms with Crippen LogP contribution in [0.5, 0.6) is 0 Å². The molecule has 0 unspecified atom stereocenters. The number of nitrogens with two attached hydrogens (primary N) is 1. The van der Waals surface area contributed by atoms with E-state index >= 15 is 0 Å². The Morgan fingerprint density at radius 1 is 1.12 bits per heavy atom. The Balaban J connectivity index is 1.88. The van der Waals surface area contributed by atoms with Crippen LogP contribution in [0.2, 0.25) is 0 Å². The van der Waals surface area contributed by atoms with Gasteiger partial charge in [0, 0.05) is 29.8 Å². The van der Waals surface area contributed by atoms with Gasteiger partial charge in [0.05, 0.1) is 17.0 Å². The maximum Gasteiger partial charge on any atom is 0.418 e. The molecule has 180 valence electrons. The number of alkyl halides is 3. The number of aliphatic imine (C=N–C) groups is 1. The Kier molecular flexibility index (Phi) is 5.47. The predicted octanol–water partition coefficient (Wildman–Crippen LogP) is 3.99. The first kappa shape index (κ1) is 24.1. The van der Waals surface area contributed by atoms with Crippen molar-refractivity contribution in [3.63, 3.8) is 0 Å². The second-order valence-corrected chi connectivity index (χ2v) is 11.5. The summed E-state index contributed by atoms with van der Waals surface area (Å²) in [6.07, 6.45) is -1.97. The maximum atomic E-state index is 14.9. The van der Waals surface area contributed by atoms with E-state index in [2.05, 4.69) is 15.0 Å². The number of sulfone groups is 1. The summed E-state index contributed by atoms with van der Waals surface area (Å²) < 4.78 is 82.0. The van der Waals surface area contributed by atoms with Gasteiger partial charge >= 0.3 is 6.18 Å². The molecule has 4 rings (SSSR count). The molecule has 0 amide bonds. The molecule has 0 saturated heterocycles. The van der Waals surface area contributed by atoms with Gasteiger partial charge in [-0.25, -0.2) is 17.8 Å². The minimum Gasteiger partial charge on any atom is -0.386 e. The number of halogens is 4. The topological polar surface area (TPSA) is 98.3 Å². The number of benzene rings is 1. The van der Waals surface area contributed by atoms with Gasteiger partial charge in [0.1, 0.15) is 16.4 Å². The number of amidine groups is 1. The van der Waals surface area contributed by atoms with Crippen molar-refractivity contribution in [1.82, 2.24) is 9.97 Å². The molecule has 11 heteroatoms. The molecule has 2 aromatic heterocycles. The van der Waals surface area contributed by atoms with Crippen LogP contribution in [0.1, 0.15) is 36.2 Å². The van der Waals surface area contributed by atoms with Crippen LogP contribution in [-0.4, -0.2) is 40.9 Å². The molecular formula is C23H22F4N4O2S. The monoisotopic (exact) mass is 494 g/mol. The van der Waals surface area contributed by atoms with Crippen LogP contribution in [0.4, 0.5) is 17.6 Å². The molecule has 1 aromatic carbocycles. The summed E-state index contributed by atoms with van der Waals surface area (Å²) in [7, 11) is -4.44. The summed E-state index contributed by atoms with van der Waals surface area (Å²) in [6.45, 7) is 4.23. The zero-order valence-corrected chi connectivity index (χ0v) is 19.4. The van der Waals surface area contributed by atoms with E-state index in [1.54, 1.807) is 18.5 Å². The number of hydrogen-bond acceptors (Lipinski definition) is 6. The molecule has 0 fully saturated rings. The summed E-state index contributed by atoms with van der Waals surface area (Å²) >= 11 is 0. The van der Waals surface area contributed by atoms with Gasteiger partial charge in [-0.05, 0) is 56.2 Å². The van der Waals surface area contributed by atoms with Gasteiger partial charge in [0.2, 0.25) is 0 Å². The van der Waals surface area contributed by atoms with E-state index in [4.69, 9.17) is 5.73 Å². The average Bonchev–Trinajstić information content (AvgIpc) is 2.72. The van der Waals surface area contributed by atoms with Crippen LogP contribution >= 0.6 is 0 Å². The fraction of sp³-hybridized carbons (Fsp3) is 0.348. The Morgan fingerprint density at radius 3 is 2.47 bits per heavy atom. The second kappa shape index (κ2) is 7.72. The number of hydrogen-bond donors (Lipinski definition) is 1. The standard InChI is InChI=1S/C23H22F4N4O2S/c1-13-8-15-6-7-29-18(19(15)30-11-13)10-14-4-5-17(24)16(9-14)22(23(25,26)27)12-34(32,33)21(2,3)20(28)31-22/h4-9,11H,10,12H2,1-3H3,(H2,28,31)/t22-/m0/s1. The van der Waals surface area contributed by atoms with Crippen molar-refractivity contribution >= 4 is 26.6 Å². The summed E-state index contributed by atoms with van der Waals surface area (Å²) in [5.74, 6) is -3.41. The quantitative estimate of drug-likeness (QED) is 0.556. The molecule has 1 aliphatic heterocycles. The first-order valence-corrected chi connectivity index (χ1v) is 12.0. The fourth-order valence-electron chi connectivity index (χ4n) is 3.97. The highest BCUT2D eigenvalue weighted by Crippen LogP contribution is 2.48. The first-order valence-electron chi connectivity index (χ1n) is 10.3. The first-order chi connectivity index (χ1) is 15.7. The lowest BCUT2D eigenvalue weighted by molar-refractivity contribution is -0.183. The van der Waals surface area contributed by atoms with Crippen LogP contribution in [-0.2, 0) is 21.8 Å². The van der Waals surface area contributed by atoms with Gasteiger partial charge in [0.15, 0.2) is 15.4 Å². The van der Waals surface area contributed by atoms with Crippen LogP contribution < -0.4 is 5.73 Å². The van der Waals surface area contributed by atoms with E-state index in [0.717, 1.165) is 23.1 Å². The molecule has 34 heavy (non-hydrogen) atoms. The van der Waals surface area contributed by atoms with E-state index in [1.165, 1.54) is 19.9 Å². The molecule has 6 nitrogen and oxygen atoms in total. The minimum absolute atomic E-state index is 0.0477. The molecule has 3 aromatic rings. The van der Waals surface area contributed by atoms with Crippen LogP contribution in [0, 0.1) is 12.7 Å². The average molecular weight is 495 g/mol. The zero-order valence-electron chi connectivity index (χ0n) is 18.6. The molecule has 0 radical (unpaired) electrons. The van der Waals surface area contributed by atoms with Crippen molar-refractivity contribution in [2.24, 2.45) is 10.7 Å². The fourth-order valence-corrected chi connectivity index (χ4v) is 5.63. The summed E-state index contributed by atoms with van der Waals surface area (Å²) in [4.78, 5) is 12.3. The molecule has 2 N–H and O–H groups in total. The Morgan fingerprint density at radius 2 is 1.82 bits per heavy atom. The molecule has 3 heterocycles. The van der Waals surface area contributed by atoms with Gasteiger partial charge in [0.25, 0.3) is 0 Å². The number of aromatic nitrogens is 2. The third-order valence-electron chi connectivity index (χ3n) is 6.23. The van der Waals surface area contributed by atoms with Gasteiger partial charge in [-0.3, -0.25) is 9.97 Å². The van der Waals surface area contributed by atoms with E-state index in [-0.39, 0.29) is 6.42 Å². The smallest absolute Gasteiger partial charge is 0.386 e. The predicted molar refractivity (Wildman–Crippen MR) is 121 cm³/mol. The van der Waals surface area contributed by atoms with Crippen molar-refractivity contribution in [2.45, 2.75) is 43.7 Å². The molecular weight excluding hydrogens is 472 g/mol. The van der Waals surface area contributed by atoms with Crippen molar-refractivity contribution in [3.8, 4) is 0 Å². The summed E-state index contributed by atoms with van der Waals surface area (Å²) in [6, 6.07) is 6.85. The van der Waals surface area contributed by atoms with E-state index in [9.17, 15) is 26.0 Å². The minimum atomic E-state index is -5.22. The molecule has 1 aliphatic rings. The van der Waals surface area contributed by atoms with Gasteiger partial charge in [-0.1, -0.05) is 6.07 Å². The molecule has 0 saturated carbocycles. The molecule has 0 spiro atoms. The van der Waals surface area contributed by atoms with Crippen molar-refractivity contribution in [2.75, 3.05) is 5.75 Å². The number of fused-ring (bicyclic) bond motifs is 1. The normalized spacial score (nSPS) is 21.9. The number of pyridine rings is 2. The van der Waals surface area contributed by atoms with Gasteiger partial charge in [-0.2, -0.15) is 13.2 Å². The molecule has 0 aliphatic carbocycles. The van der Waals surface area contributed by atoms with Crippen molar-refractivity contribution in [3.05, 3.63) is 70.9 Å². The molecule has 0 bridgehead atoms. The summed E-state index contributed by atoms with van der Waals surface area (Å²) in [5, 5.41) is 0.803. The summed E-state index contributed by atoms with van der Waals surface area (Å²) in [5.41, 5.74) is 3.71. The number of rotatable bonds is 3. The highest BCUT2D eigenvalue weighted by molar-refractivity contribution is 7.93. The largest absolute Gasteiger partial charge is 0.418 e. The molecule has 1 atom stereocenters. The lowest BCUT2D eigenvalue weighted by atomic mass is 9.88. The van der Waals surface area contributed by atoms with E-state index in [0.29, 0.717) is 16.8 Å². The number of nitrogens with zero attached hydrogens (tertiary/aromatic N) is 3. The van der Waals surface area contributed by atoms with Crippen molar-refractivity contribution < 1.29 is 26.0 Å². The lowest BCUT2D eigenvalue weighted by Crippen LogP contribution is -2.60. The van der Waals surface area contributed by atoms with E-state index < -0.39 is 49.3 Å². The lowest BCUT2D eigenvalue weighted by Gasteiger charge is -2.40. The van der Waals surface area contributed by atoms with Crippen molar-refractivity contribution in [1.29, 1.82) is 0 Å². The third-order valence-corrected chi connectivity index (χ3v) is 8.80. The van der Waals surface area contributed by atoms with Crippen LogP contribution in [0.15, 0.2) is 47.7 Å². The third kappa shape index (κ3) is 3.71. The van der Waals surface area contributed by atoms with E-state index in [1.807, 2.05) is 13.0 Å². The van der Waals surface area contributed by atoms with Gasteiger partial charge in [-0.15, -0.1) is 0 Å².